The van der Waals surface area contributed by atoms with Crippen LogP contribution < -0.4 is 0 Å². The minimum Gasteiger partial charge on any atom is -0.468 e. The maximum atomic E-state index is 11.7. The molecule has 0 aromatic rings. The highest BCUT2D eigenvalue weighted by molar-refractivity contribution is 7.91. The van der Waals surface area contributed by atoms with Crippen LogP contribution in [0.15, 0.2) is 0 Å². The lowest BCUT2D eigenvalue weighted by atomic mass is 9.82. The molecule has 0 radical (unpaired) electrons. The van der Waals surface area contributed by atoms with Gasteiger partial charge in [-0.2, -0.15) is 0 Å². The van der Waals surface area contributed by atoms with E-state index in [1.54, 1.807) is 0 Å². The first-order valence-corrected chi connectivity index (χ1v) is 7.11. The molecule has 1 aliphatic heterocycles. The summed E-state index contributed by atoms with van der Waals surface area (Å²) >= 11 is 0. The van der Waals surface area contributed by atoms with E-state index in [-0.39, 0.29) is 23.8 Å². The van der Waals surface area contributed by atoms with Gasteiger partial charge in [0.1, 0.15) is 5.41 Å². The van der Waals surface area contributed by atoms with Crippen LogP contribution in [-0.4, -0.2) is 43.7 Å². The number of hydrogen-bond acceptors (Lipinski definition) is 5. The van der Waals surface area contributed by atoms with Gasteiger partial charge >= 0.3 is 5.97 Å². The van der Waals surface area contributed by atoms with Crippen molar-refractivity contribution < 1.29 is 23.1 Å². The zero-order valence-corrected chi connectivity index (χ0v) is 10.2. The first-order chi connectivity index (χ1) is 7.27. The topological polar surface area (TPSA) is 80.7 Å². The van der Waals surface area contributed by atoms with E-state index in [0.717, 1.165) is 0 Å². The van der Waals surface area contributed by atoms with Gasteiger partial charge in [-0.1, -0.05) is 6.92 Å². The third kappa shape index (κ3) is 1.39. The van der Waals surface area contributed by atoms with Crippen LogP contribution in [0.5, 0.6) is 0 Å². The summed E-state index contributed by atoms with van der Waals surface area (Å²) in [5.41, 5.74) is -2.43. The quantitative estimate of drug-likeness (QED) is 0.681. The van der Waals surface area contributed by atoms with Crippen molar-refractivity contribution in [3.05, 3.63) is 0 Å². The second kappa shape index (κ2) is 3.20. The molecular formula is C10H16O5S. The fourth-order valence-electron chi connectivity index (χ4n) is 2.91. The molecule has 6 heteroatoms. The molecule has 0 amide bonds. The van der Waals surface area contributed by atoms with Crippen molar-refractivity contribution in [2.24, 2.45) is 11.3 Å². The van der Waals surface area contributed by atoms with Gasteiger partial charge in [-0.3, -0.25) is 4.79 Å². The van der Waals surface area contributed by atoms with Gasteiger partial charge in [-0.15, -0.1) is 0 Å². The number of esters is 1. The Bertz CT molecular complexity index is 428. The van der Waals surface area contributed by atoms with Gasteiger partial charge < -0.3 is 9.84 Å². The first kappa shape index (κ1) is 11.9. The zero-order chi connectivity index (χ0) is 12.2. The number of sulfone groups is 1. The van der Waals surface area contributed by atoms with E-state index in [4.69, 9.17) is 4.74 Å². The molecule has 2 fully saturated rings. The molecule has 1 N–H and O–H groups in total. The number of hydrogen-bond donors (Lipinski definition) is 1. The summed E-state index contributed by atoms with van der Waals surface area (Å²) in [6.45, 7) is 1.83. The summed E-state index contributed by atoms with van der Waals surface area (Å²) in [4.78, 5) is 11.7. The highest BCUT2D eigenvalue weighted by Gasteiger charge is 2.72. The van der Waals surface area contributed by atoms with Crippen molar-refractivity contribution in [3.63, 3.8) is 0 Å². The van der Waals surface area contributed by atoms with Gasteiger partial charge in [0.25, 0.3) is 0 Å². The van der Waals surface area contributed by atoms with Gasteiger partial charge in [0.2, 0.25) is 0 Å². The molecule has 2 rings (SSSR count). The van der Waals surface area contributed by atoms with Gasteiger partial charge in [0, 0.05) is 0 Å². The van der Waals surface area contributed by atoms with E-state index in [1.165, 1.54) is 7.11 Å². The number of aliphatic hydroxyl groups is 1. The van der Waals surface area contributed by atoms with Crippen molar-refractivity contribution in [3.8, 4) is 0 Å². The SMILES string of the molecule is COC(=O)C1(C2(O)CCS(=O)(=O)C2)CC1C. The summed E-state index contributed by atoms with van der Waals surface area (Å²) in [7, 11) is -1.95. The van der Waals surface area contributed by atoms with E-state index in [2.05, 4.69) is 0 Å². The lowest BCUT2D eigenvalue weighted by Gasteiger charge is -2.30. The Labute approximate surface area is 94.7 Å². The molecule has 3 atom stereocenters. The molecule has 92 valence electrons. The Morgan fingerprint density at radius 1 is 1.50 bits per heavy atom. The zero-order valence-electron chi connectivity index (χ0n) is 9.39. The fraction of sp³-hybridized carbons (Fsp3) is 0.900. The summed E-state index contributed by atoms with van der Waals surface area (Å²) < 4.78 is 27.6. The van der Waals surface area contributed by atoms with Crippen LogP contribution in [0, 0.1) is 11.3 Å². The third-order valence-electron chi connectivity index (χ3n) is 3.97. The molecule has 1 saturated carbocycles. The lowest BCUT2D eigenvalue weighted by Crippen LogP contribution is -2.47. The van der Waals surface area contributed by atoms with E-state index in [1.807, 2.05) is 6.92 Å². The second-order valence-corrected chi connectivity index (χ2v) is 7.13. The molecule has 1 heterocycles. The van der Waals surface area contributed by atoms with Crippen LogP contribution in [0.3, 0.4) is 0 Å². The predicted octanol–water partition coefficient (Wildman–Crippen LogP) is -0.265. The van der Waals surface area contributed by atoms with Crippen LogP contribution in [0.4, 0.5) is 0 Å². The minimum atomic E-state index is -3.22. The minimum absolute atomic E-state index is 0.0155. The molecule has 16 heavy (non-hydrogen) atoms. The molecule has 2 aliphatic rings. The third-order valence-corrected chi connectivity index (χ3v) is 5.72. The van der Waals surface area contributed by atoms with Crippen LogP contribution in [-0.2, 0) is 19.4 Å². The van der Waals surface area contributed by atoms with Crippen LogP contribution in [0.1, 0.15) is 19.8 Å². The van der Waals surface area contributed by atoms with Crippen molar-refractivity contribution in [2.45, 2.75) is 25.4 Å². The lowest BCUT2D eigenvalue weighted by molar-refractivity contribution is -0.158. The molecule has 5 nitrogen and oxygen atoms in total. The maximum absolute atomic E-state index is 11.7. The van der Waals surface area contributed by atoms with E-state index in [0.29, 0.717) is 6.42 Å². The number of ether oxygens (including phenoxy) is 1. The van der Waals surface area contributed by atoms with E-state index < -0.39 is 26.8 Å². The first-order valence-electron chi connectivity index (χ1n) is 5.29. The van der Waals surface area contributed by atoms with E-state index >= 15 is 0 Å². The summed E-state index contributed by atoms with van der Waals surface area (Å²) in [5, 5.41) is 10.4. The smallest absolute Gasteiger partial charge is 0.315 e. The van der Waals surface area contributed by atoms with Crippen molar-refractivity contribution in [2.75, 3.05) is 18.6 Å². The maximum Gasteiger partial charge on any atom is 0.315 e. The Morgan fingerprint density at radius 3 is 2.38 bits per heavy atom. The van der Waals surface area contributed by atoms with Crippen molar-refractivity contribution in [1.29, 1.82) is 0 Å². The summed E-state index contributed by atoms with van der Waals surface area (Å²) in [6, 6.07) is 0. The average Bonchev–Trinajstić information content (AvgIpc) is 2.79. The standard InChI is InChI=1S/C10H16O5S/c1-7-5-10(7,8(11)15-2)9(12)3-4-16(13,14)6-9/h7,12H,3-6H2,1-2H3. The van der Waals surface area contributed by atoms with Crippen LogP contribution in [0.25, 0.3) is 0 Å². The number of rotatable bonds is 2. The second-order valence-electron chi connectivity index (χ2n) is 4.94. The monoisotopic (exact) mass is 248 g/mol. The molecule has 0 aromatic heterocycles. The summed E-state index contributed by atoms with van der Waals surface area (Å²) in [6.07, 6.45) is 0.639. The molecular weight excluding hydrogens is 232 g/mol. The van der Waals surface area contributed by atoms with Crippen LogP contribution >= 0.6 is 0 Å². The van der Waals surface area contributed by atoms with Crippen molar-refractivity contribution >= 4 is 15.8 Å². The van der Waals surface area contributed by atoms with Gasteiger partial charge in [0.05, 0.1) is 24.2 Å². The largest absolute Gasteiger partial charge is 0.468 e. The predicted molar refractivity (Wildman–Crippen MR) is 56.5 cm³/mol. The Kier molecular flexibility index (Phi) is 2.37. The number of carbonyl (C=O) groups excluding carboxylic acids is 1. The Morgan fingerprint density at radius 2 is 2.06 bits per heavy atom. The molecule has 1 saturated heterocycles. The van der Waals surface area contributed by atoms with Crippen molar-refractivity contribution in [1.82, 2.24) is 0 Å². The molecule has 1 aliphatic carbocycles. The van der Waals surface area contributed by atoms with E-state index in [9.17, 15) is 18.3 Å². The highest BCUT2D eigenvalue weighted by Crippen LogP contribution is 2.62. The molecule has 3 unspecified atom stereocenters. The molecule has 0 spiro atoms. The number of carbonyl (C=O) groups is 1. The number of methoxy groups -OCH3 is 1. The average molecular weight is 248 g/mol. The van der Waals surface area contributed by atoms with Gasteiger partial charge in [0.15, 0.2) is 9.84 Å². The van der Waals surface area contributed by atoms with Crippen LogP contribution in [0.2, 0.25) is 0 Å². The Balaban J connectivity index is 2.34. The normalized spacial score (nSPS) is 45.3. The molecule has 0 bridgehead atoms. The fourth-order valence-corrected chi connectivity index (χ4v) is 4.84. The molecule has 0 aromatic carbocycles. The summed E-state index contributed by atoms with van der Waals surface area (Å²) in [5.74, 6) is -0.869. The highest BCUT2D eigenvalue weighted by atomic mass is 32.2. The van der Waals surface area contributed by atoms with Gasteiger partial charge in [-0.05, 0) is 18.8 Å². The van der Waals surface area contributed by atoms with Gasteiger partial charge in [-0.25, -0.2) is 8.42 Å². The Hall–Kier alpha value is -0.620.